The van der Waals surface area contributed by atoms with Gasteiger partial charge >= 0.3 is 0 Å². The van der Waals surface area contributed by atoms with Crippen LogP contribution >= 0.6 is 23.3 Å². The minimum Gasteiger partial charge on any atom is -0.398 e. The maximum Gasteiger partial charge on any atom is 0.238 e. The number of aromatic nitrogens is 2. The molecule has 0 fully saturated rings. The van der Waals surface area contributed by atoms with E-state index in [-0.39, 0.29) is 4.90 Å². The van der Waals surface area contributed by atoms with E-state index in [1.165, 1.54) is 35.4 Å². The highest BCUT2D eigenvalue weighted by Gasteiger charge is 2.12. The number of rotatable bonds is 4. The first kappa shape index (κ1) is 14.3. The van der Waals surface area contributed by atoms with Crippen molar-refractivity contribution in [2.75, 3.05) is 5.73 Å². The van der Waals surface area contributed by atoms with Gasteiger partial charge in [-0.05, 0) is 29.7 Å². The smallest absolute Gasteiger partial charge is 0.238 e. The summed E-state index contributed by atoms with van der Waals surface area (Å²) in [5.74, 6) is 0.784. The quantitative estimate of drug-likeness (QED) is 0.826. The molecule has 102 valence electrons. The summed E-state index contributed by atoms with van der Waals surface area (Å²) in [6, 6.07) is 4.39. The summed E-state index contributed by atoms with van der Waals surface area (Å²) in [7, 11) is -3.73. The zero-order valence-corrected chi connectivity index (χ0v) is 12.5. The Kier molecular flexibility index (Phi) is 4.09. The summed E-state index contributed by atoms with van der Waals surface area (Å²) < 4.78 is 27.3. The predicted octanol–water partition coefficient (Wildman–Crippen LogP) is 1.48. The van der Waals surface area contributed by atoms with Gasteiger partial charge in [-0.1, -0.05) is 18.7 Å². The zero-order valence-electron chi connectivity index (χ0n) is 10.0. The van der Waals surface area contributed by atoms with Crippen LogP contribution in [0.25, 0.3) is 0 Å². The molecule has 6 nitrogen and oxygen atoms in total. The number of anilines is 1. The van der Waals surface area contributed by atoms with E-state index >= 15 is 0 Å². The van der Waals surface area contributed by atoms with Gasteiger partial charge in [0.2, 0.25) is 10.0 Å². The van der Waals surface area contributed by atoms with E-state index in [1.54, 1.807) is 6.07 Å². The summed E-state index contributed by atoms with van der Waals surface area (Å²) in [5.41, 5.74) is 6.17. The molecule has 0 radical (unpaired) electrons. The number of nitrogens with two attached hydrogens (primary N) is 2. The lowest BCUT2D eigenvalue weighted by Crippen LogP contribution is -2.12. The fraction of sp³-hybridized carbons (Fsp3) is 0.200. The Morgan fingerprint density at radius 2 is 2.16 bits per heavy atom. The standard InChI is InChI=1S/C10H12N4O2S3/c1-2-9-13-10(18-14-9)17-8-4-3-6(5-7(8)11)19(12,15)16/h3-5H,2,11H2,1H3,(H2,12,15,16). The van der Waals surface area contributed by atoms with Gasteiger partial charge in [0.05, 0.1) is 4.90 Å². The number of aryl methyl sites for hydroxylation is 1. The van der Waals surface area contributed by atoms with Crippen LogP contribution in [-0.2, 0) is 16.4 Å². The van der Waals surface area contributed by atoms with Gasteiger partial charge in [0.15, 0.2) is 4.34 Å². The first-order valence-electron chi connectivity index (χ1n) is 5.33. The summed E-state index contributed by atoms with van der Waals surface area (Å²) in [6.45, 7) is 1.98. The Morgan fingerprint density at radius 1 is 1.42 bits per heavy atom. The minimum atomic E-state index is -3.73. The largest absolute Gasteiger partial charge is 0.398 e. The van der Waals surface area contributed by atoms with Crippen molar-refractivity contribution in [3.05, 3.63) is 24.0 Å². The Labute approximate surface area is 119 Å². The molecule has 2 rings (SSSR count). The van der Waals surface area contributed by atoms with Gasteiger partial charge in [0.1, 0.15) is 5.82 Å². The fourth-order valence-electron chi connectivity index (χ4n) is 1.31. The van der Waals surface area contributed by atoms with E-state index in [9.17, 15) is 8.42 Å². The second kappa shape index (κ2) is 5.45. The lowest BCUT2D eigenvalue weighted by molar-refractivity contribution is 0.598. The summed E-state index contributed by atoms with van der Waals surface area (Å²) >= 11 is 2.64. The van der Waals surface area contributed by atoms with Crippen molar-refractivity contribution in [3.63, 3.8) is 0 Å². The summed E-state index contributed by atoms with van der Waals surface area (Å²) in [4.78, 5) is 5.04. The number of hydrogen-bond acceptors (Lipinski definition) is 7. The maximum absolute atomic E-state index is 11.2. The molecule has 0 aliphatic heterocycles. The van der Waals surface area contributed by atoms with Crippen LogP contribution in [0.15, 0.2) is 32.3 Å². The molecule has 2 aromatic rings. The monoisotopic (exact) mass is 316 g/mol. The van der Waals surface area contributed by atoms with Crippen molar-refractivity contribution in [3.8, 4) is 0 Å². The molecule has 0 aliphatic rings. The number of nitrogens with zero attached hydrogens (tertiary/aromatic N) is 2. The lowest BCUT2D eigenvalue weighted by Gasteiger charge is -2.05. The number of nitrogen functional groups attached to an aromatic ring is 1. The van der Waals surface area contributed by atoms with Crippen LogP contribution in [0.1, 0.15) is 12.7 Å². The van der Waals surface area contributed by atoms with Crippen molar-refractivity contribution in [1.82, 2.24) is 9.36 Å². The number of sulfonamides is 1. The lowest BCUT2D eigenvalue weighted by atomic mass is 10.3. The SMILES string of the molecule is CCc1nsc(Sc2ccc(S(N)(=O)=O)cc2N)n1. The second-order valence-electron chi connectivity index (χ2n) is 3.68. The van der Waals surface area contributed by atoms with Crippen LogP contribution in [0.2, 0.25) is 0 Å². The average molecular weight is 316 g/mol. The van der Waals surface area contributed by atoms with Crippen LogP contribution < -0.4 is 10.9 Å². The van der Waals surface area contributed by atoms with Crippen LogP contribution in [-0.4, -0.2) is 17.8 Å². The molecule has 1 aromatic carbocycles. The Balaban J connectivity index is 2.27. The molecule has 0 saturated heterocycles. The Morgan fingerprint density at radius 3 is 2.68 bits per heavy atom. The average Bonchev–Trinajstić information content (AvgIpc) is 2.78. The number of benzene rings is 1. The van der Waals surface area contributed by atoms with Gasteiger partial charge in [0.25, 0.3) is 0 Å². The topological polar surface area (TPSA) is 112 Å². The van der Waals surface area contributed by atoms with E-state index in [4.69, 9.17) is 10.9 Å². The molecule has 1 aromatic heterocycles. The molecule has 1 heterocycles. The molecule has 0 bridgehead atoms. The van der Waals surface area contributed by atoms with Gasteiger partial charge in [-0.25, -0.2) is 18.5 Å². The van der Waals surface area contributed by atoms with Gasteiger partial charge in [-0.2, -0.15) is 4.37 Å². The molecule has 0 atom stereocenters. The molecule has 0 unspecified atom stereocenters. The van der Waals surface area contributed by atoms with E-state index in [0.717, 1.165) is 21.5 Å². The van der Waals surface area contributed by atoms with E-state index in [2.05, 4.69) is 9.36 Å². The van der Waals surface area contributed by atoms with Crippen molar-refractivity contribution in [1.29, 1.82) is 0 Å². The fourth-order valence-corrected chi connectivity index (χ4v) is 3.54. The molecular weight excluding hydrogens is 304 g/mol. The maximum atomic E-state index is 11.2. The van der Waals surface area contributed by atoms with Crippen molar-refractivity contribution in [2.45, 2.75) is 27.5 Å². The molecule has 0 aliphatic carbocycles. The highest BCUT2D eigenvalue weighted by atomic mass is 32.2. The summed E-state index contributed by atoms with van der Waals surface area (Å²) in [5, 5.41) is 5.04. The zero-order chi connectivity index (χ0) is 14.0. The highest BCUT2D eigenvalue weighted by Crippen LogP contribution is 2.34. The third-order valence-corrected chi connectivity index (χ3v) is 5.06. The van der Waals surface area contributed by atoms with Crippen molar-refractivity contribution in [2.24, 2.45) is 5.14 Å². The van der Waals surface area contributed by atoms with E-state index in [0.29, 0.717) is 5.69 Å². The Bertz CT molecular complexity index is 697. The van der Waals surface area contributed by atoms with E-state index in [1.807, 2.05) is 6.92 Å². The predicted molar refractivity (Wildman–Crippen MR) is 75.6 cm³/mol. The molecular formula is C10H12N4O2S3. The molecule has 4 N–H and O–H groups in total. The molecule has 0 spiro atoms. The third-order valence-electron chi connectivity index (χ3n) is 2.27. The normalized spacial score (nSPS) is 11.7. The van der Waals surface area contributed by atoms with Gasteiger partial charge in [-0.15, -0.1) is 0 Å². The second-order valence-corrected chi connectivity index (χ2v) is 7.28. The molecule has 9 heteroatoms. The summed E-state index contributed by atoms with van der Waals surface area (Å²) in [6.07, 6.45) is 0.775. The molecule has 0 amide bonds. The first-order chi connectivity index (χ1) is 8.90. The third kappa shape index (κ3) is 3.44. The highest BCUT2D eigenvalue weighted by molar-refractivity contribution is 8.01. The minimum absolute atomic E-state index is 0.000797. The Hall–Kier alpha value is -1.16. The van der Waals surface area contributed by atoms with Crippen molar-refractivity contribution < 1.29 is 8.42 Å². The van der Waals surface area contributed by atoms with E-state index < -0.39 is 10.0 Å². The van der Waals surface area contributed by atoms with Gasteiger partial charge < -0.3 is 5.73 Å². The van der Waals surface area contributed by atoms with Gasteiger partial charge in [0, 0.05) is 17.0 Å². The van der Waals surface area contributed by atoms with Crippen LogP contribution in [0.3, 0.4) is 0 Å². The number of primary sulfonamides is 1. The molecule has 0 saturated carbocycles. The van der Waals surface area contributed by atoms with Crippen LogP contribution in [0.5, 0.6) is 0 Å². The van der Waals surface area contributed by atoms with Crippen molar-refractivity contribution >= 4 is 39.0 Å². The first-order valence-corrected chi connectivity index (χ1v) is 8.46. The number of hydrogen-bond donors (Lipinski definition) is 2. The molecule has 19 heavy (non-hydrogen) atoms. The van der Waals surface area contributed by atoms with Gasteiger partial charge in [-0.3, -0.25) is 0 Å². The van der Waals surface area contributed by atoms with Crippen LogP contribution in [0.4, 0.5) is 5.69 Å². The van der Waals surface area contributed by atoms with Crippen LogP contribution in [0, 0.1) is 0 Å².